The van der Waals surface area contributed by atoms with Crippen LogP contribution in [-0.4, -0.2) is 38.7 Å². The van der Waals surface area contributed by atoms with E-state index in [1.54, 1.807) is 26.8 Å². The highest BCUT2D eigenvalue weighted by Gasteiger charge is 2.58. The fourth-order valence-corrected chi connectivity index (χ4v) is 8.20. The Morgan fingerprint density at radius 3 is 2.07 bits per heavy atom. The van der Waals surface area contributed by atoms with Crippen LogP contribution in [0.25, 0.3) is 0 Å². The Morgan fingerprint density at radius 1 is 1.17 bits per heavy atom. The molecule has 0 bridgehead atoms. The highest BCUT2D eigenvalue weighted by atomic mass is 28.4. The molecule has 29 heavy (non-hydrogen) atoms. The van der Waals surface area contributed by atoms with Gasteiger partial charge in [-0.3, -0.25) is 0 Å². The van der Waals surface area contributed by atoms with Gasteiger partial charge in [0.2, 0.25) is 0 Å². The molecule has 0 aliphatic carbocycles. The van der Waals surface area contributed by atoms with Gasteiger partial charge in [0, 0.05) is 17.4 Å². The SMILES string of the molecule is C#CCN(C(=O)OC(C)(C)C)c1cc(OC)c([Si](F)(C(C)(C)C)C(C)(C)C)cn1. The van der Waals surface area contributed by atoms with Crippen LogP contribution in [0.1, 0.15) is 62.3 Å². The molecule has 0 aromatic carbocycles. The van der Waals surface area contributed by atoms with E-state index in [0.29, 0.717) is 10.9 Å². The number of carbonyl (C=O) groups is 1. The van der Waals surface area contributed by atoms with Gasteiger partial charge < -0.3 is 13.6 Å². The van der Waals surface area contributed by atoms with E-state index in [0.717, 1.165) is 0 Å². The van der Waals surface area contributed by atoms with Gasteiger partial charge >= 0.3 is 6.09 Å². The van der Waals surface area contributed by atoms with Crippen molar-refractivity contribution in [3.05, 3.63) is 12.3 Å². The van der Waals surface area contributed by atoms with Gasteiger partial charge in [-0.05, 0) is 30.8 Å². The van der Waals surface area contributed by atoms with Crippen molar-refractivity contribution in [3.63, 3.8) is 0 Å². The highest BCUT2D eigenvalue weighted by Crippen LogP contribution is 2.52. The average molecular weight is 423 g/mol. The van der Waals surface area contributed by atoms with Gasteiger partial charge in [-0.15, -0.1) is 6.42 Å². The largest absolute Gasteiger partial charge is 0.497 e. The Morgan fingerprint density at radius 2 is 1.69 bits per heavy atom. The molecule has 0 aliphatic heterocycles. The second-order valence-corrected chi connectivity index (χ2v) is 15.0. The van der Waals surface area contributed by atoms with Gasteiger partial charge in [-0.2, -0.15) is 0 Å². The Kier molecular flexibility index (Phi) is 7.19. The molecule has 0 N–H and O–H groups in total. The third-order valence-electron chi connectivity index (χ3n) is 4.65. The monoisotopic (exact) mass is 422 g/mol. The minimum absolute atomic E-state index is 0.0266. The van der Waals surface area contributed by atoms with Crippen LogP contribution in [0.5, 0.6) is 5.75 Å². The molecule has 0 saturated carbocycles. The summed E-state index contributed by atoms with van der Waals surface area (Å²) in [7, 11) is -2.11. The molecule has 1 aromatic rings. The van der Waals surface area contributed by atoms with E-state index >= 15 is 4.11 Å². The van der Waals surface area contributed by atoms with E-state index in [4.69, 9.17) is 15.9 Å². The molecule has 0 aliphatic rings. The minimum atomic E-state index is -3.60. The Hall–Kier alpha value is -2.07. The Bertz CT molecular complexity index is 769. The first-order chi connectivity index (χ1) is 13.0. The normalized spacial score (nSPS) is 12.9. The van der Waals surface area contributed by atoms with E-state index in [-0.39, 0.29) is 12.4 Å². The first kappa shape index (κ1) is 25.0. The predicted molar refractivity (Wildman–Crippen MR) is 119 cm³/mol. The number of methoxy groups -OCH3 is 1. The summed E-state index contributed by atoms with van der Waals surface area (Å²) in [5, 5.41) is -0.717. The van der Waals surface area contributed by atoms with Gasteiger partial charge in [0.15, 0.2) is 0 Å². The average Bonchev–Trinajstić information content (AvgIpc) is 2.54. The van der Waals surface area contributed by atoms with Crippen LogP contribution in [0.3, 0.4) is 0 Å². The van der Waals surface area contributed by atoms with Gasteiger partial charge in [-0.1, -0.05) is 47.5 Å². The van der Waals surface area contributed by atoms with Crippen molar-refractivity contribution in [2.24, 2.45) is 0 Å². The second-order valence-electron chi connectivity index (χ2n) is 10.2. The number of halogens is 1. The highest BCUT2D eigenvalue weighted by molar-refractivity contribution is 6.91. The van der Waals surface area contributed by atoms with Gasteiger partial charge in [0.05, 0.1) is 13.7 Å². The summed E-state index contributed by atoms with van der Waals surface area (Å²) >= 11 is 0. The van der Waals surface area contributed by atoms with Crippen LogP contribution in [-0.2, 0) is 4.74 Å². The van der Waals surface area contributed by atoms with Gasteiger partial charge in [-0.25, -0.2) is 14.7 Å². The first-order valence-corrected chi connectivity index (χ1v) is 11.5. The maximum Gasteiger partial charge on any atom is 0.416 e. The molecule has 0 atom stereocenters. The van der Waals surface area contributed by atoms with Crippen LogP contribution >= 0.6 is 0 Å². The number of aromatic nitrogens is 1. The van der Waals surface area contributed by atoms with Crippen LogP contribution in [0.2, 0.25) is 10.1 Å². The molecule has 162 valence electrons. The number of carbonyl (C=O) groups excluding carboxylic acids is 1. The molecule has 1 rings (SSSR count). The van der Waals surface area contributed by atoms with Crippen molar-refractivity contribution in [1.29, 1.82) is 0 Å². The fraction of sp³-hybridized carbons (Fsp3) is 0.636. The quantitative estimate of drug-likeness (QED) is 0.381. The van der Waals surface area contributed by atoms with Crippen LogP contribution in [0.15, 0.2) is 12.3 Å². The van der Waals surface area contributed by atoms with E-state index in [2.05, 4.69) is 10.9 Å². The lowest BCUT2D eigenvalue weighted by molar-refractivity contribution is 0.0584. The molecule has 1 heterocycles. The molecule has 5 nitrogen and oxygen atoms in total. The van der Waals surface area contributed by atoms with Crippen molar-refractivity contribution in [1.82, 2.24) is 4.98 Å². The lowest BCUT2D eigenvalue weighted by Gasteiger charge is -2.45. The number of ether oxygens (including phenoxy) is 2. The zero-order valence-electron chi connectivity index (χ0n) is 19.4. The van der Waals surface area contributed by atoms with E-state index in [9.17, 15) is 4.79 Å². The lowest BCUT2D eigenvalue weighted by Crippen LogP contribution is -2.58. The standard InChI is InChI=1S/C22H35FN2O3Si/c1-12-13-25(19(26)28-20(2,3)4)18-14-16(27-11)17(15-24-18)29(23,21(5,6)7)22(8,9)10/h1,14-15H,13H2,2-11H3. The summed E-state index contributed by atoms with van der Waals surface area (Å²) in [6.45, 7) is 16.7. The summed E-state index contributed by atoms with van der Waals surface area (Å²) in [6, 6.07) is 1.56. The van der Waals surface area contributed by atoms with Crippen LogP contribution in [0, 0.1) is 12.3 Å². The minimum Gasteiger partial charge on any atom is -0.497 e. The molecule has 7 heteroatoms. The summed E-state index contributed by atoms with van der Waals surface area (Å²) in [4.78, 5) is 18.2. The molecular formula is C22H35FN2O3Si. The molecule has 0 unspecified atom stereocenters. The van der Waals surface area contributed by atoms with Crippen molar-refractivity contribution >= 4 is 25.5 Å². The molecule has 0 saturated heterocycles. The number of pyridine rings is 1. The summed E-state index contributed by atoms with van der Waals surface area (Å²) in [6.07, 6.45) is 6.31. The van der Waals surface area contributed by atoms with E-state index in [1.165, 1.54) is 18.2 Å². The zero-order chi connectivity index (χ0) is 22.8. The molecular weight excluding hydrogens is 387 g/mol. The van der Waals surface area contributed by atoms with Crippen molar-refractivity contribution in [2.45, 2.75) is 78.0 Å². The number of nitrogens with zero attached hydrogens (tertiary/aromatic N) is 2. The molecule has 1 amide bonds. The molecule has 1 aromatic heterocycles. The summed E-state index contributed by atoms with van der Waals surface area (Å²) in [5.41, 5.74) is -0.687. The van der Waals surface area contributed by atoms with Crippen molar-refractivity contribution < 1.29 is 18.4 Å². The van der Waals surface area contributed by atoms with Crippen molar-refractivity contribution in [3.8, 4) is 18.1 Å². The van der Waals surface area contributed by atoms with Crippen molar-refractivity contribution in [2.75, 3.05) is 18.6 Å². The maximum absolute atomic E-state index is 16.7. The topological polar surface area (TPSA) is 51.7 Å². The summed E-state index contributed by atoms with van der Waals surface area (Å²) in [5.74, 6) is 3.06. The smallest absolute Gasteiger partial charge is 0.416 e. The lowest BCUT2D eigenvalue weighted by atomic mass is 10.2. The zero-order valence-corrected chi connectivity index (χ0v) is 20.4. The molecule has 0 spiro atoms. The van der Waals surface area contributed by atoms with Gasteiger partial charge in [0.25, 0.3) is 8.41 Å². The molecule has 0 fully saturated rings. The Balaban J connectivity index is 3.58. The van der Waals surface area contributed by atoms with E-state index < -0.39 is 30.2 Å². The second kappa shape index (κ2) is 8.35. The molecule has 0 radical (unpaired) electrons. The fourth-order valence-electron chi connectivity index (χ4n) is 3.58. The number of rotatable bonds is 4. The van der Waals surface area contributed by atoms with E-state index in [1.807, 2.05) is 41.5 Å². The number of hydrogen-bond donors (Lipinski definition) is 0. The number of amides is 1. The maximum atomic E-state index is 16.7. The third kappa shape index (κ3) is 5.30. The van der Waals surface area contributed by atoms with Crippen LogP contribution in [0.4, 0.5) is 14.7 Å². The van der Waals surface area contributed by atoms with Crippen LogP contribution < -0.4 is 14.8 Å². The Labute approximate surface area is 176 Å². The predicted octanol–water partition coefficient (Wildman–Crippen LogP) is 5.19. The first-order valence-electron chi connectivity index (χ1n) is 9.67. The number of hydrogen-bond acceptors (Lipinski definition) is 4. The van der Waals surface area contributed by atoms with Gasteiger partial charge in [0.1, 0.15) is 17.2 Å². The number of anilines is 1. The summed E-state index contributed by atoms with van der Waals surface area (Å²) < 4.78 is 27.7. The third-order valence-corrected chi connectivity index (χ3v) is 9.90. The number of terminal acetylenes is 1.